The van der Waals surface area contributed by atoms with Crippen molar-refractivity contribution in [1.82, 2.24) is 0 Å². The van der Waals surface area contributed by atoms with Crippen LogP contribution in [0.1, 0.15) is 46.5 Å². The Bertz CT molecular complexity index is 211. The van der Waals surface area contributed by atoms with Crippen molar-refractivity contribution in [2.45, 2.75) is 46.5 Å². The SMILES string of the molecule is CC1=C(C(=O)C(C)C)CCCC1. The van der Waals surface area contributed by atoms with Gasteiger partial charge in [-0.1, -0.05) is 19.4 Å². The first-order valence-corrected chi connectivity index (χ1v) is 4.85. The Morgan fingerprint density at radius 2 is 1.83 bits per heavy atom. The Hall–Kier alpha value is -0.590. The van der Waals surface area contributed by atoms with Crippen LogP contribution in [0.15, 0.2) is 11.1 Å². The molecule has 0 saturated carbocycles. The second-order valence-electron chi connectivity index (χ2n) is 3.98. The largest absolute Gasteiger partial charge is 0.294 e. The molecule has 0 spiro atoms. The van der Waals surface area contributed by atoms with E-state index >= 15 is 0 Å². The third-order valence-corrected chi connectivity index (χ3v) is 2.57. The molecule has 0 atom stereocenters. The van der Waals surface area contributed by atoms with Crippen LogP contribution < -0.4 is 0 Å². The van der Waals surface area contributed by atoms with Crippen molar-refractivity contribution in [1.29, 1.82) is 0 Å². The Labute approximate surface area is 74.9 Å². The summed E-state index contributed by atoms with van der Waals surface area (Å²) >= 11 is 0. The highest BCUT2D eigenvalue weighted by molar-refractivity contribution is 5.97. The van der Waals surface area contributed by atoms with Crippen LogP contribution in [0.4, 0.5) is 0 Å². The van der Waals surface area contributed by atoms with Gasteiger partial charge >= 0.3 is 0 Å². The minimum absolute atomic E-state index is 0.174. The average molecular weight is 166 g/mol. The van der Waals surface area contributed by atoms with Crippen LogP contribution in [0.25, 0.3) is 0 Å². The van der Waals surface area contributed by atoms with Gasteiger partial charge in [0.2, 0.25) is 0 Å². The summed E-state index contributed by atoms with van der Waals surface area (Å²) in [6.45, 7) is 6.07. The zero-order valence-electron chi connectivity index (χ0n) is 8.31. The summed E-state index contributed by atoms with van der Waals surface area (Å²) < 4.78 is 0. The van der Waals surface area contributed by atoms with Crippen LogP contribution in [-0.2, 0) is 4.79 Å². The predicted molar refractivity (Wildman–Crippen MR) is 51.0 cm³/mol. The van der Waals surface area contributed by atoms with Crippen molar-refractivity contribution in [2.24, 2.45) is 5.92 Å². The van der Waals surface area contributed by atoms with E-state index in [1.54, 1.807) is 0 Å². The number of ketones is 1. The lowest BCUT2D eigenvalue weighted by molar-refractivity contribution is -0.118. The van der Waals surface area contributed by atoms with Crippen LogP contribution in [0.2, 0.25) is 0 Å². The van der Waals surface area contributed by atoms with E-state index in [2.05, 4.69) is 6.92 Å². The Kier molecular flexibility index (Phi) is 3.07. The molecule has 1 aliphatic carbocycles. The fourth-order valence-corrected chi connectivity index (χ4v) is 1.74. The van der Waals surface area contributed by atoms with Crippen molar-refractivity contribution in [3.05, 3.63) is 11.1 Å². The van der Waals surface area contributed by atoms with Crippen molar-refractivity contribution < 1.29 is 4.79 Å². The Morgan fingerprint density at radius 3 is 2.33 bits per heavy atom. The van der Waals surface area contributed by atoms with E-state index in [0.29, 0.717) is 5.78 Å². The number of carbonyl (C=O) groups excluding carboxylic acids is 1. The van der Waals surface area contributed by atoms with Gasteiger partial charge in [0.05, 0.1) is 0 Å². The highest BCUT2D eigenvalue weighted by Gasteiger charge is 2.18. The Morgan fingerprint density at radius 1 is 1.25 bits per heavy atom. The standard InChI is InChI=1S/C11H18O/c1-8(2)11(12)10-7-5-4-6-9(10)3/h8H,4-7H2,1-3H3. The molecule has 0 amide bonds. The fourth-order valence-electron chi connectivity index (χ4n) is 1.74. The molecule has 0 N–H and O–H groups in total. The maximum absolute atomic E-state index is 11.7. The highest BCUT2D eigenvalue weighted by atomic mass is 16.1. The second kappa shape index (κ2) is 3.88. The van der Waals surface area contributed by atoms with Gasteiger partial charge in [-0.15, -0.1) is 0 Å². The monoisotopic (exact) mass is 166 g/mol. The molecule has 1 heteroatoms. The van der Waals surface area contributed by atoms with E-state index in [1.165, 1.54) is 18.4 Å². The molecule has 0 aromatic carbocycles. The lowest BCUT2D eigenvalue weighted by Gasteiger charge is -2.17. The molecule has 0 aliphatic heterocycles. The first kappa shape index (κ1) is 9.50. The van der Waals surface area contributed by atoms with Gasteiger partial charge in [0, 0.05) is 5.92 Å². The topological polar surface area (TPSA) is 17.1 Å². The molecule has 1 nitrogen and oxygen atoms in total. The summed E-state index contributed by atoms with van der Waals surface area (Å²) in [4.78, 5) is 11.7. The van der Waals surface area contributed by atoms with E-state index in [0.717, 1.165) is 18.4 Å². The van der Waals surface area contributed by atoms with Crippen LogP contribution in [0, 0.1) is 5.92 Å². The van der Waals surface area contributed by atoms with Crippen molar-refractivity contribution in [3.8, 4) is 0 Å². The van der Waals surface area contributed by atoms with Gasteiger partial charge in [0.15, 0.2) is 5.78 Å². The third-order valence-electron chi connectivity index (χ3n) is 2.57. The average Bonchev–Trinajstić information content (AvgIpc) is 2.04. The number of rotatable bonds is 2. The van der Waals surface area contributed by atoms with Crippen LogP contribution in [-0.4, -0.2) is 5.78 Å². The second-order valence-corrected chi connectivity index (χ2v) is 3.98. The van der Waals surface area contributed by atoms with E-state index in [-0.39, 0.29) is 5.92 Å². The molecule has 1 rings (SSSR count). The summed E-state index contributed by atoms with van der Waals surface area (Å²) in [5.74, 6) is 0.542. The summed E-state index contributed by atoms with van der Waals surface area (Å²) in [7, 11) is 0. The van der Waals surface area contributed by atoms with Crippen molar-refractivity contribution in [2.75, 3.05) is 0 Å². The number of carbonyl (C=O) groups is 1. The molecular formula is C11H18O. The van der Waals surface area contributed by atoms with E-state index in [4.69, 9.17) is 0 Å². The number of hydrogen-bond donors (Lipinski definition) is 0. The number of hydrogen-bond acceptors (Lipinski definition) is 1. The van der Waals surface area contributed by atoms with Gasteiger partial charge in [-0.2, -0.15) is 0 Å². The molecule has 0 saturated heterocycles. The molecule has 0 unspecified atom stereocenters. The van der Waals surface area contributed by atoms with E-state index in [9.17, 15) is 4.79 Å². The minimum Gasteiger partial charge on any atom is -0.294 e. The zero-order chi connectivity index (χ0) is 9.14. The molecule has 1 aliphatic rings. The number of allylic oxidation sites excluding steroid dienone is 2. The smallest absolute Gasteiger partial charge is 0.161 e. The first-order chi connectivity index (χ1) is 5.63. The maximum Gasteiger partial charge on any atom is 0.161 e. The lowest BCUT2D eigenvalue weighted by atomic mass is 9.87. The third kappa shape index (κ3) is 1.96. The van der Waals surface area contributed by atoms with Gasteiger partial charge in [0.25, 0.3) is 0 Å². The zero-order valence-corrected chi connectivity index (χ0v) is 8.31. The lowest BCUT2D eigenvalue weighted by Crippen LogP contribution is -2.14. The minimum atomic E-state index is 0.174. The van der Waals surface area contributed by atoms with E-state index in [1.807, 2.05) is 13.8 Å². The first-order valence-electron chi connectivity index (χ1n) is 4.85. The summed E-state index contributed by atoms with van der Waals surface area (Å²) in [5.41, 5.74) is 2.45. The summed E-state index contributed by atoms with van der Waals surface area (Å²) in [6.07, 6.45) is 4.61. The molecule has 0 aromatic rings. The number of Topliss-reactive ketones (excluding diaryl/α,β-unsaturated/α-hetero) is 1. The maximum atomic E-state index is 11.7. The van der Waals surface area contributed by atoms with Crippen LogP contribution >= 0.6 is 0 Å². The van der Waals surface area contributed by atoms with Crippen molar-refractivity contribution in [3.63, 3.8) is 0 Å². The molecule has 0 heterocycles. The van der Waals surface area contributed by atoms with Crippen LogP contribution in [0.3, 0.4) is 0 Å². The fraction of sp³-hybridized carbons (Fsp3) is 0.727. The predicted octanol–water partition coefficient (Wildman–Crippen LogP) is 3.10. The molecule has 0 fully saturated rings. The summed E-state index contributed by atoms with van der Waals surface area (Å²) in [5, 5.41) is 0. The summed E-state index contributed by atoms with van der Waals surface area (Å²) in [6, 6.07) is 0. The van der Waals surface area contributed by atoms with Gasteiger partial charge in [-0.05, 0) is 38.2 Å². The normalized spacial score (nSPS) is 18.7. The van der Waals surface area contributed by atoms with Gasteiger partial charge in [0.1, 0.15) is 0 Å². The van der Waals surface area contributed by atoms with Gasteiger partial charge in [-0.3, -0.25) is 4.79 Å². The molecule has 0 radical (unpaired) electrons. The quantitative estimate of drug-likeness (QED) is 0.616. The van der Waals surface area contributed by atoms with Gasteiger partial charge < -0.3 is 0 Å². The highest BCUT2D eigenvalue weighted by Crippen LogP contribution is 2.26. The molecule has 68 valence electrons. The molecule has 0 aromatic heterocycles. The molecular weight excluding hydrogens is 148 g/mol. The molecule has 12 heavy (non-hydrogen) atoms. The molecule has 0 bridgehead atoms. The van der Waals surface area contributed by atoms with Crippen LogP contribution in [0.5, 0.6) is 0 Å². The van der Waals surface area contributed by atoms with E-state index < -0.39 is 0 Å². The Balaban J connectivity index is 2.78. The van der Waals surface area contributed by atoms with Crippen molar-refractivity contribution >= 4 is 5.78 Å². The van der Waals surface area contributed by atoms with Gasteiger partial charge in [-0.25, -0.2) is 0 Å².